The molecule has 158 valence electrons. The van der Waals surface area contributed by atoms with Gasteiger partial charge < -0.3 is 14.7 Å². The van der Waals surface area contributed by atoms with E-state index >= 15 is 0 Å². The molecule has 30 heavy (non-hydrogen) atoms. The van der Waals surface area contributed by atoms with Crippen LogP contribution in [0.3, 0.4) is 0 Å². The van der Waals surface area contributed by atoms with Crippen molar-refractivity contribution < 1.29 is 9.32 Å². The molecular weight excluding hydrogens is 402 g/mol. The molecular formula is C22H26ClN5O2. The lowest BCUT2D eigenvalue weighted by atomic mass is 10.2. The number of carbonyl (C=O) groups excluding carboxylic acids is 1. The zero-order valence-corrected chi connectivity index (χ0v) is 17.9. The zero-order valence-electron chi connectivity index (χ0n) is 17.2. The van der Waals surface area contributed by atoms with Crippen molar-refractivity contribution in [3.63, 3.8) is 0 Å². The van der Waals surface area contributed by atoms with Crippen LogP contribution in [0.2, 0.25) is 5.02 Å². The fourth-order valence-corrected chi connectivity index (χ4v) is 3.88. The van der Waals surface area contributed by atoms with Crippen LogP contribution in [-0.2, 0) is 17.8 Å². The van der Waals surface area contributed by atoms with Crippen molar-refractivity contribution in [1.29, 1.82) is 0 Å². The van der Waals surface area contributed by atoms with Crippen LogP contribution < -0.4 is 10.2 Å². The summed E-state index contributed by atoms with van der Waals surface area (Å²) in [4.78, 5) is 24.0. The Morgan fingerprint density at radius 3 is 2.60 bits per heavy atom. The molecule has 2 aromatic heterocycles. The zero-order chi connectivity index (χ0) is 20.9. The highest BCUT2D eigenvalue weighted by Crippen LogP contribution is 2.29. The van der Waals surface area contributed by atoms with Gasteiger partial charge in [-0.2, -0.15) is 4.98 Å². The van der Waals surface area contributed by atoms with E-state index in [1.54, 1.807) is 0 Å². The number of hydrogen-bond acceptors (Lipinski definition) is 6. The van der Waals surface area contributed by atoms with Crippen LogP contribution in [0.5, 0.6) is 0 Å². The van der Waals surface area contributed by atoms with Crippen molar-refractivity contribution in [3.05, 3.63) is 46.4 Å². The topological polar surface area (TPSA) is 84.1 Å². The number of halogens is 1. The number of amides is 1. The van der Waals surface area contributed by atoms with E-state index in [9.17, 15) is 4.79 Å². The third kappa shape index (κ3) is 4.90. The Morgan fingerprint density at radius 1 is 1.13 bits per heavy atom. The monoisotopic (exact) mass is 427 g/mol. The number of benzene rings is 1. The summed E-state index contributed by atoms with van der Waals surface area (Å²) >= 11 is 5.90. The number of carbonyl (C=O) groups is 1. The van der Waals surface area contributed by atoms with Crippen molar-refractivity contribution in [1.82, 2.24) is 20.4 Å². The van der Waals surface area contributed by atoms with E-state index in [-0.39, 0.29) is 5.91 Å². The summed E-state index contributed by atoms with van der Waals surface area (Å²) in [7, 11) is 0. The Bertz CT molecular complexity index is 1010. The first kappa shape index (κ1) is 20.6. The van der Waals surface area contributed by atoms with Crippen LogP contribution >= 0.6 is 11.6 Å². The van der Waals surface area contributed by atoms with Gasteiger partial charge in [0.15, 0.2) is 0 Å². The average molecular weight is 428 g/mol. The molecule has 1 aliphatic heterocycles. The minimum atomic E-state index is -0.0429. The van der Waals surface area contributed by atoms with Crippen molar-refractivity contribution in [2.45, 2.75) is 52.0 Å². The SMILES string of the molecule is Cc1noc2nc(CCC(=O)NCc3ccc(Cl)cc3)nc(N3CCCCCC3)c12. The Kier molecular flexibility index (Phi) is 6.47. The first-order valence-electron chi connectivity index (χ1n) is 10.5. The fourth-order valence-electron chi connectivity index (χ4n) is 3.75. The lowest BCUT2D eigenvalue weighted by Crippen LogP contribution is -2.26. The second-order valence-corrected chi connectivity index (χ2v) is 8.15. The summed E-state index contributed by atoms with van der Waals surface area (Å²) in [5, 5.41) is 8.58. The predicted molar refractivity (Wildman–Crippen MR) is 117 cm³/mol. The first-order valence-corrected chi connectivity index (χ1v) is 10.9. The number of nitrogens with zero attached hydrogens (tertiary/aromatic N) is 4. The van der Waals surface area contributed by atoms with Gasteiger partial charge >= 0.3 is 0 Å². The van der Waals surface area contributed by atoms with Crippen LogP contribution in [0.4, 0.5) is 5.82 Å². The second kappa shape index (κ2) is 9.43. The fraction of sp³-hybridized carbons (Fsp3) is 0.455. The predicted octanol–water partition coefficient (Wildman–Crippen LogP) is 4.21. The minimum Gasteiger partial charge on any atom is -0.356 e. The molecule has 7 nitrogen and oxygen atoms in total. The van der Waals surface area contributed by atoms with E-state index in [2.05, 4.69) is 20.4 Å². The van der Waals surface area contributed by atoms with Gasteiger partial charge in [-0.05, 0) is 37.5 Å². The smallest absolute Gasteiger partial charge is 0.263 e. The van der Waals surface area contributed by atoms with Crippen LogP contribution in [0.25, 0.3) is 11.1 Å². The van der Waals surface area contributed by atoms with Crippen LogP contribution in [0.15, 0.2) is 28.8 Å². The normalized spacial score (nSPS) is 14.7. The molecule has 0 radical (unpaired) electrons. The van der Waals surface area contributed by atoms with Gasteiger partial charge in [-0.15, -0.1) is 0 Å². The number of nitrogens with one attached hydrogen (secondary N) is 1. The molecule has 3 aromatic rings. The molecule has 0 bridgehead atoms. The van der Waals surface area contributed by atoms with E-state index < -0.39 is 0 Å². The van der Waals surface area contributed by atoms with Crippen LogP contribution in [-0.4, -0.2) is 34.1 Å². The molecule has 1 N–H and O–H groups in total. The molecule has 0 spiro atoms. The molecule has 4 rings (SSSR count). The maximum atomic E-state index is 12.3. The van der Waals surface area contributed by atoms with Crippen LogP contribution in [0.1, 0.15) is 49.2 Å². The third-order valence-corrected chi connectivity index (χ3v) is 5.67. The van der Waals surface area contributed by atoms with Gasteiger partial charge in [0.1, 0.15) is 17.0 Å². The molecule has 1 saturated heterocycles. The number of aryl methyl sites for hydroxylation is 2. The quantitative estimate of drug-likeness (QED) is 0.634. The standard InChI is InChI=1S/C22H26ClN5O2/c1-15-20-21(28-12-4-2-3-5-13-28)25-18(26-22(20)30-27-15)10-11-19(29)24-14-16-6-8-17(23)9-7-16/h6-9H,2-5,10-14H2,1H3,(H,24,29). The summed E-state index contributed by atoms with van der Waals surface area (Å²) in [6.45, 7) is 4.33. The molecule has 0 saturated carbocycles. The highest BCUT2D eigenvalue weighted by Gasteiger charge is 2.21. The Morgan fingerprint density at radius 2 is 1.87 bits per heavy atom. The number of fused-ring (bicyclic) bond motifs is 1. The van der Waals surface area contributed by atoms with Gasteiger partial charge in [0.25, 0.3) is 5.71 Å². The van der Waals surface area contributed by atoms with E-state index in [1.165, 1.54) is 12.8 Å². The maximum absolute atomic E-state index is 12.3. The largest absolute Gasteiger partial charge is 0.356 e. The van der Waals surface area contributed by atoms with Gasteiger partial charge in [0.05, 0.1) is 5.69 Å². The molecule has 1 aromatic carbocycles. The summed E-state index contributed by atoms with van der Waals surface area (Å²) in [6, 6.07) is 7.43. The molecule has 3 heterocycles. The second-order valence-electron chi connectivity index (χ2n) is 7.72. The third-order valence-electron chi connectivity index (χ3n) is 5.42. The Labute approximate surface area is 180 Å². The lowest BCUT2D eigenvalue weighted by Gasteiger charge is -2.22. The van der Waals surface area contributed by atoms with Crippen molar-refractivity contribution in [3.8, 4) is 0 Å². The molecule has 1 fully saturated rings. The number of aromatic nitrogens is 3. The van der Waals surface area contributed by atoms with Crippen molar-refractivity contribution in [2.24, 2.45) is 0 Å². The Balaban J connectivity index is 1.44. The maximum Gasteiger partial charge on any atom is 0.263 e. The molecule has 0 atom stereocenters. The molecule has 1 aliphatic rings. The molecule has 0 aliphatic carbocycles. The van der Waals surface area contributed by atoms with Gasteiger partial charge in [-0.1, -0.05) is 41.7 Å². The molecule has 0 unspecified atom stereocenters. The number of anilines is 1. The van der Waals surface area contributed by atoms with Gasteiger partial charge in [0.2, 0.25) is 5.91 Å². The Hall–Kier alpha value is -2.67. The summed E-state index contributed by atoms with van der Waals surface area (Å²) < 4.78 is 5.43. The van der Waals surface area contributed by atoms with Gasteiger partial charge in [-0.3, -0.25) is 4.79 Å². The van der Waals surface area contributed by atoms with Gasteiger partial charge in [-0.25, -0.2) is 4.98 Å². The first-order chi connectivity index (χ1) is 14.6. The summed E-state index contributed by atoms with van der Waals surface area (Å²) in [6.07, 6.45) is 5.55. The van der Waals surface area contributed by atoms with E-state index in [0.29, 0.717) is 35.9 Å². The van der Waals surface area contributed by atoms with E-state index in [4.69, 9.17) is 21.1 Å². The lowest BCUT2D eigenvalue weighted by molar-refractivity contribution is -0.121. The number of hydrogen-bond donors (Lipinski definition) is 1. The van der Waals surface area contributed by atoms with Crippen LogP contribution in [0, 0.1) is 6.92 Å². The molecule has 1 amide bonds. The summed E-state index contributed by atoms with van der Waals surface area (Å²) in [5.41, 5.74) is 2.31. The van der Waals surface area contributed by atoms with Crippen molar-refractivity contribution in [2.75, 3.05) is 18.0 Å². The van der Waals surface area contributed by atoms with Gasteiger partial charge in [0, 0.05) is 37.5 Å². The minimum absolute atomic E-state index is 0.0429. The van der Waals surface area contributed by atoms with E-state index in [0.717, 1.165) is 48.4 Å². The summed E-state index contributed by atoms with van der Waals surface area (Å²) in [5.74, 6) is 1.45. The highest BCUT2D eigenvalue weighted by molar-refractivity contribution is 6.30. The number of rotatable bonds is 6. The highest BCUT2D eigenvalue weighted by atomic mass is 35.5. The van der Waals surface area contributed by atoms with Crippen molar-refractivity contribution >= 4 is 34.4 Å². The molecule has 8 heteroatoms. The van der Waals surface area contributed by atoms with E-state index in [1.807, 2.05) is 31.2 Å². The average Bonchev–Trinajstić information content (AvgIpc) is 2.95.